The summed E-state index contributed by atoms with van der Waals surface area (Å²) in [5.41, 5.74) is 0. The van der Waals surface area contributed by atoms with Crippen molar-refractivity contribution in [2.75, 3.05) is 19.8 Å². The summed E-state index contributed by atoms with van der Waals surface area (Å²) in [6.07, 6.45) is -0.937. The molecule has 1 aromatic heterocycles. The summed E-state index contributed by atoms with van der Waals surface area (Å²) >= 11 is 0. The number of nitrogens with zero attached hydrogens (tertiary/aromatic N) is 3. The SMILES string of the molecule is Cn1ncnc1CNCCOCC(F)F. The number of alkyl halides is 2. The van der Waals surface area contributed by atoms with Crippen LogP contribution in [0.2, 0.25) is 0 Å². The molecule has 0 aliphatic heterocycles. The predicted octanol–water partition coefficient (Wildman–Crippen LogP) is 0.186. The lowest BCUT2D eigenvalue weighted by molar-refractivity contribution is 0.0186. The monoisotopic (exact) mass is 220 g/mol. The lowest BCUT2D eigenvalue weighted by Gasteiger charge is -2.05. The van der Waals surface area contributed by atoms with Crippen molar-refractivity contribution >= 4 is 0 Å². The van der Waals surface area contributed by atoms with E-state index in [-0.39, 0.29) is 6.61 Å². The first-order valence-electron chi connectivity index (χ1n) is 4.59. The minimum atomic E-state index is -2.40. The molecule has 1 N–H and O–H groups in total. The molecule has 0 fully saturated rings. The van der Waals surface area contributed by atoms with Crippen molar-refractivity contribution in [3.63, 3.8) is 0 Å². The van der Waals surface area contributed by atoms with Crippen LogP contribution in [0, 0.1) is 0 Å². The Labute approximate surface area is 86.4 Å². The van der Waals surface area contributed by atoms with Gasteiger partial charge in [-0.15, -0.1) is 0 Å². The van der Waals surface area contributed by atoms with Gasteiger partial charge >= 0.3 is 0 Å². The molecule has 1 aromatic rings. The van der Waals surface area contributed by atoms with E-state index in [4.69, 9.17) is 0 Å². The van der Waals surface area contributed by atoms with Gasteiger partial charge in [0.25, 0.3) is 6.43 Å². The van der Waals surface area contributed by atoms with Crippen molar-refractivity contribution in [2.45, 2.75) is 13.0 Å². The molecule has 0 amide bonds. The third-order valence-corrected chi connectivity index (χ3v) is 1.76. The van der Waals surface area contributed by atoms with Crippen LogP contribution in [-0.4, -0.2) is 40.9 Å². The van der Waals surface area contributed by atoms with Crippen LogP contribution in [-0.2, 0) is 18.3 Å². The average molecular weight is 220 g/mol. The molecule has 0 saturated carbocycles. The first-order valence-corrected chi connectivity index (χ1v) is 4.59. The van der Waals surface area contributed by atoms with E-state index in [9.17, 15) is 8.78 Å². The summed E-state index contributed by atoms with van der Waals surface area (Å²) in [6.45, 7) is 0.821. The fraction of sp³-hybridized carbons (Fsp3) is 0.750. The third-order valence-electron chi connectivity index (χ3n) is 1.76. The Morgan fingerprint density at radius 3 is 3.00 bits per heavy atom. The summed E-state index contributed by atoms with van der Waals surface area (Å²) in [4.78, 5) is 3.99. The van der Waals surface area contributed by atoms with Crippen LogP contribution in [0.25, 0.3) is 0 Å². The van der Waals surface area contributed by atoms with Crippen LogP contribution in [0.1, 0.15) is 5.82 Å². The van der Waals surface area contributed by atoms with Crippen molar-refractivity contribution in [1.29, 1.82) is 0 Å². The zero-order valence-electron chi connectivity index (χ0n) is 8.49. The first kappa shape index (κ1) is 12.0. The van der Waals surface area contributed by atoms with Gasteiger partial charge in [-0.05, 0) is 0 Å². The molecule has 7 heteroatoms. The molecule has 0 atom stereocenters. The van der Waals surface area contributed by atoms with Gasteiger partial charge in [0.2, 0.25) is 0 Å². The number of hydrogen-bond acceptors (Lipinski definition) is 4. The molecule has 5 nitrogen and oxygen atoms in total. The van der Waals surface area contributed by atoms with Crippen LogP contribution in [0.15, 0.2) is 6.33 Å². The lowest BCUT2D eigenvalue weighted by atomic mass is 10.5. The maximum atomic E-state index is 11.7. The Balaban J connectivity index is 2.00. The normalized spacial score (nSPS) is 11.2. The summed E-state index contributed by atoms with van der Waals surface area (Å²) < 4.78 is 29.6. The molecular formula is C8H14F2N4O. The molecule has 0 saturated heterocycles. The molecule has 0 aromatic carbocycles. The van der Waals surface area contributed by atoms with E-state index in [2.05, 4.69) is 20.1 Å². The molecule has 1 rings (SSSR count). The molecule has 15 heavy (non-hydrogen) atoms. The highest BCUT2D eigenvalue weighted by molar-refractivity contribution is 4.81. The smallest absolute Gasteiger partial charge is 0.261 e. The van der Waals surface area contributed by atoms with Crippen molar-refractivity contribution in [3.8, 4) is 0 Å². The second-order valence-corrected chi connectivity index (χ2v) is 2.94. The van der Waals surface area contributed by atoms with Gasteiger partial charge in [-0.1, -0.05) is 0 Å². The summed E-state index contributed by atoms with van der Waals surface area (Å²) in [6, 6.07) is 0. The van der Waals surface area contributed by atoms with Crippen molar-refractivity contribution in [2.24, 2.45) is 7.05 Å². The van der Waals surface area contributed by atoms with Gasteiger partial charge < -0.3 is 10.1 Å². The van der Waals surface area contributed by atoms with Gasteiger partial charge in [-0.25, -0.2) is 13.8 Å². The molecule has 0 aliphatic carbocycles. The highest BCUT2D eigenvalue weighted by Gasteiger charge is 2.01. The van der Waals surface area contributed by atoms with Gasteiger partial charge in [0.15, 0.2) is 0 Å². The van der Waals surface area contributed by atoms with Crippen LogP contribution >= 0.6 is 0 Å². The fourth-order valence-electron chi connectivity index (χ4n) is 0.997. The Bertz CT molecular complexity index is 279. The summed E-state index contributed by atoms with van der Waals surface area (Å²) in [5, 5.41) is 6.90. The third kappa shape index (κ3) is 4.80. The van der Waals surface area contributed by atoms with Gasteiger partial charge in [-0.2, -0.15) is 5.10 Å². The molecule has 0 unspecified atom stereocenters. The van der Waals surface area contributed by atoms with Crippen molar-refractivity contribution < 1.29 is 13.5 Å². The van der Waals surface area contributed by atoms with E-state index in [0.717, 1.165) is 5.82 Å². The fourth-order valence-corrected chi connectivity index (χ4v) is 0.997. The van der Waals surface area contributed by atoms with Gasteiger partial charge in [0, 0.05) is 13.6 Å². The molecule has 1 heterocycles. The van der Waals surface area contributed by atoms with E-state index >= 15 is 0 Å². The van der Waals surface area contributed by atoms with Crippen LogP contribution in [0.4, 0.5) is 8.78 Å². The highest BCUT2D eigenvalue weighted by Crippen LogP contribution is 1.92. The first-order chi connectivity index (χ1) is 7.20. The molecule has 0 bridgehead atoms. The van der Waals surface area contributed by atoms with Crippen molar-refractivity contribution in [1.82, 2.24) is 20.1 Å². The second kappa shape index (κ2) is 6.41. The topological polar surface area (TPSA) is 52.0 Å². The minimum Gasteiger partial charge on any atom is -0.374 e. The molecule has 0 radical (unpaired) electrons. The molecule has 0 spiro atoms. The number of halogens is 2. The van der Waals surface area contributed by atoms with Crippen molar-refractivity contribution in [3.05, 3.63) is 12.2 Å². The molecular weight excluding hydrogens is 206 g/mol. The Hall–Kier alpha value is -1.08. The molecule has 86 valence electrons. The molecule has 0 aliphatic rings. The summed E-state index contributed by atoms with van der Waals surface area (Å²) in [5.74, 6) is 0.795. The number of aromatic nitrogens is 3. The maximum Gasteiger partial charge on any atom is 0.261 e. The Morgan fingerprint density at radius 2 is 2.40 bits per heavy atom. The van der Waals surface area contributed by atoms with E-state index in [1.165, 1.54) is 6.33 Å². The van der Waals surface area contributed by atoms with Gasteiger partial charge in [-0.3, -0.25) is 4.68 Å². The maximum absolute atomic E-state index is 11.7. The number of aryl methyl sites for hydroxylation is 1. The largest absolute Gasteiger partial charge is 0.374 e. The number of nitrogens with one attached hydrogen (secondary N) is 1. The summed E-state index contributed by atoms with van der Waals surface area (Å²) in [7, 11) is 1.79. The predicted molar refractivity (Wildman–Crippen MR) is 49.5 cm³/mol. The van der Waals surface area contributed by atoms with Crippen LogP contribution in [0.5, 0.6) is 0 Å². The average Bonchev–Trinajstić information content (AvgIpc) is 2.57. The van der Waals surface area contributed by atoms with E-state index < -0.39 is 13.0 Å². The quantitative estimate of drug-likeness (QED) is 0.666. The highest BCUT2D eigenvalue weighted by atomic mass is 19.3. The Kier molecular flexibility index (Phi) is 5.13. The zero-order valence-corrected chi connectivity index (χ0v) is 8.49. The Morgan fingerprint density at radius 1 is 1.60 bits per heavy atom. The second-order valence-electron chi connectivity index (χ2n) is 2.94. The van der Waals surface area contributed by atoms with E-state index in [0.29, 0.717) is 13.1 Å². The van der Waals surface area contributed by atoms with Crippen LogP contribution in [0.3, 0.4) is 0 Å². The number of rotatable bonds is 7. The lowest BCUT2D eigenvalue weighted by Crippen LogP contribution is -2.22. The number of hydrogen-bond donors (Lipinski definition) is 1. The van der Waals surface area contributed by atoms with E-state index in [1.54, 1.807) is 11.7 Å². The van der Waals surface area contributed by atoms with Gasteiger partial charge in [0.1, 0.15) is 18.8 Å². The number of ether oxygens (including phenoxy) is 1. The zero-order chi connectivity index (χ0) is 11.1. The van der Waals surface area contributed by atoms with Crippen LogP contribution < -0.4 is 5.32 Å². The standard InChI is InChI=1S/C8H14F2N4O/c1-14-8(12-6-13-14)4-11-2-3-15-5-7(9)10/h6-7,11H,2-5H2,1H3. The minimum absolute atomic E-state index is 0.266. The van der Waals surface area contributed by atoms with Gasteiger partial charge in [0.05, 0.1) is 13.2 Å². The van der Waals surface area contributed by atoms with E-state index in [1.807, 2.05) is 0 Å².